The second-order valence-electron chi connectivity index (χ2n) is 3.06. The summed E-state index contributed by atoms with van der Waals surface area (Å²) in [5.74, 6) is 0. The third kappa shape index (κ3) is 1.56. The molecule has 1 aliphatic heterocycles. The van der Waals surface area contributed by atoms with E-state index in [1.54, 1.807) is 0 Å². The molecule has 1 atom stereocenters. The molecule has 1 unspecified atom stereocenters. The van der Waals surface area contributed by atoms with Crippen LogP contribution in [0, 0.1) is 0 Å². The Morgan fingerprint density at radius 1 is 1.75 bits per heavy atom. The number of nitrogens with zero attached hydrogens (tertiary/aromatic N) is 3. The molecule has 0 aromatic carbocycles. The fourth-order valence-corrected chi connectivity index (χ4v) is 1.99. The molecule has 2 heterocycles. The molecule has 0 aliphatic carbocycles. The summed E-state index contributed by atoms with van der Waals surface area (Å²) in [5.41, 5.74) is 0. The fraction of sp³-hybridized carbons (Fsp3) is 0.714. The lowest BCUT2D eigenvalue weighted by molar-refractivity contribution is 0.486. The van der Waals surface area contributed by atoms with Crippen LogP contribution in [0.4, 0.5) is 5.00 Å². The van der Waals surface area contributed by atoms with Gasteiger partial charge < -0.3 is 10.2 Å². The van der Waals surface area contributed by atoms with E-state index in [9.17, 15) is 0 Å². The molecule has 12 heavy (non-hydrogen) atoms. The van der Waals surface area contributed by atoms with E-state index < -0.39 is 0 Å². The number of nitrogens with one attached hydrogen (secondary N) is 1. The summed E-state index contributed by atoms with van der Waals surface area (Å²) in [6, 6.07) is 0.570. The zero-order chi connectivity index (χ0) is 8.39. The van der Waals surface area contributed by atoms with Crippen LogP contribution in [0.25, 0.3) is 0 Å². The van der Waals surface area contributed by atoms with E-state index in [0.717, 1.165) is 19.6 Å². The van der Waals surface area contributed by atoms with Crippen molar-refractivity contribution in [2.75, 3.05) is 24.5 Å². The van der Waals surface area contributed by atoms with Crippen molar-refractivity contribution in [1.82, 2.24) is 14.9 Å². The quantitative estimate of drug-likeness (QED) is 0.683. The highest BCUT2D eigenvalue weighted by molar-refractivity contribution is 7.09. The Labute approximate surface area is 75.7 Å². The Hall–Kier alpha value is -0.680. The average molecular weight is 184 g/mol. The van der Waals surface area contributed by atoms with Gasteiger partial charge in [-0.1, -0.05) is 4.49 Å². The Balaban J connectivity index is 2.04. The van der Waals surface area contributed by atoms with Crippen molar-refractivity contribution in [2.45, 2.75) is 13.0 Å². The highest BCUT2D eigenvalue weighted by Gasteiger charge is 2.16. The number of piperazine rings is 1. The summed E-state index contributed by atoms with van der Waals surface area (Å²) in [6.07, 6.45) is 1.84. The van der Waals surface area contributed by atoms with Gasteiger partial charge in [0.05, 0.1) is 6.20 Å². The summed E-state index contributed by atoms with van der Waals surface area (Å²) >= 11 is 1.47. The van der Waals surface area contributed by atoms with Gasteiger partial charge in [0.25, 0.3) is 0 Å². The normalized spacial score (nSPS) is 24.4. The number of aromatic nitrogens is 2. The van der Waals surface area contributed by atoms with E-state index in [1.165, 1.54) is 16.5 Å². The van der Waals surface area contributed by atoms with Crippen LogP contribution in [0.3, 0.4) is 0 Å². The van der Waals surface area contributed by atoms with Gasteiger partial charge in [0.15, 0.2) is 0 Å². The number of hydrogen-bond donors (Lipinski definition) is 1. The van der Waals surface area contributed by atoms with Crippen LogP contribution in [0.1, 0.15) is 6.92 Å². The monoisotopic (exact) mass is 184 g/mol. The number of rotatable bonds is 1. The maximum atomic E-state index is 3.85. The first-order valence-corrected chi connectivity index (χ1v) is 4.89. The van der Waals surface area contributed by atoms with E-state index in [4.69, 9.17) is 0 Å². The van der Waals surface area contributed by atoms with Crippen LogP contribution in [0.5, 0.6) is 0 Å². The van der Waals surface area contributed by atoms with Crippen molar-refractivity contribution in [1.29, 1.82) is 0 Å². The van der Waals surface area contributed by atoms with Crippen molar-refractivity contribution >= 4 is 16.5 Å². The second-order valence-corrected chi connectivity index (χ2v) is 3.82. The van der Waals surface area contributed by atoms with E-state index in [1.807, 2.05) is 6.20 Å². The molecular formula is C7H12N4S. The first-order valence-electron chi connectivity index (χ1n) is 4.12. The molecule has 1 aromatic heterocycles. The molecule has 0 radical (unpaired) electrons. The molecule has 0 spiro atoms. The van der Waals surface area contributed by atoms with Gasteiger partial charge in [-0.2, -0.15) is 0 Å². The summed E-state index contributed by atoms with van der Waals surface area (Å²) in [5, 5.41) is 8.41. The maximum absolute atomic E-state index is 3.85. The van der Waals surface area contributed by atoms with Gasteiger partial charge in [0.1, 0.15) is 5.00 Å². The van der Waals surface area contributed by atoms with Crippen LogP contribution in [0.15, 0.2) is 6.20 Å². The molecule has 1 saturated heterocycles. The van der Waals surface area contributed by atoms with Gasteiger partial charge in [-0.15, -0.1) is 5.10 Å². The predicted octanol–water partition coefficient (Wildman–Crippen LogP) is 0.336. The van der Waals surface area contributed by atoms with Gasteiger partial charge in [0.2, 0.25) is 0 Å². The van der Waals surface area contributed by atoms with Crippen molar-refractivity contribution < 1.29 is 0 Å². The first kappa shape index (κ1) is 7.94. The maximum Gasteiger partial charge on any atom is 0.132 e. The number of hydrogen-bond acceptors (Lipinski definition) is 5. The van der Waals surface area contributed by atoms with Crippen molar-refractivity contribution in [2.24, 2.45) is 0 Å². The standard InChI is InChI=1S/C7H12N4S/c1-6-5-11(3-2-8-6)7-4-9-10-12-7/h4,6,8H,2-3,5H2,1H3. The molecule has 5 heteroatoms. The third-order valence-corrected chi connectivity index (χ3v) is 2.76. The molecule has 2 rings (SSSR count). The highest BCUT2D eigenvalue weighted by Crippen LogP contribution is 2.17. The van der Waals surface area contributed by atoms with Gasteiger partial charge >= 0.3 is 0 Å². The SMILES string of the molecule is CC1CN(c2cnns2)CCN1. The third-order valence-electron chi connectivity index (χ3n) is 2.03. The first-order chi connectivity index (χ1) is 5.86. The average Bonchev–Trinajstić information content (AvgIpc) is 2.56. The Morgan fingerprint density at radius 2 is 2.67 bits per heavy atom. The Morgan fingerprint density at radius 3 is 3.33 bits per heavy atom. The smallest absolute Gasteiger partial charge is 0.132 e. The van der Waals surface area contributed by atoms with Crippen LogP contribution in [-0.2, 0) is 0 Å². The molecule has 1 fully saturated rings. The molecule has 1 aliphatic rings. The van der Waals surface area contributed by atoms with Gasteiger partial charge in [-0.3, -0.25) is 0 Å². The Bertz CT molecular complexity index is 236. The van der Waals surface area contributed by atoms with Crippen LogP contribution < -0.4 is 10.2 Å². The van der Waals surface area contributed by atoms with Crippen molar-refractivity contribution in [3.63, 3.8) is 0 Å². The lowest BCUT2D eigenvalue weighted by Crippen LogP contribution is -2.49. The lowest BCUT2D eigenvalue weighted by Gasteiger charge is -2.31. The largest absolute Gasteiger partial charge is 0.358 e. The molecule has 0 saturated carbocycles. The summed E-state index contributed by atoms with van der Waals surface area (Å²) in [4.78, 5) is 2.33. The summed E-state index contributed by atoms with van der Waals surface area (Å²) in [6.45, 7) is 5.37. The van der Waals surface area contributed by atoms with Crippen LogP contribution in [0.2, 0.25) is 0 Å². The van der Waals surface area contributed by atoms with Crippen molar-refractivity contribution in [3.05, 3.63) is 6.20 Å². The molecule has 1 aromatic rings. The summed E-state index contributed by atoms with van der Waals surface area (Å²) in [7, 11) is 0. The van der Waals surface area contributed by atoms with Crippen LogP contribution >= 0.6 is 11.5 Å². The van der Waals surface area contributed by atoms with E-state index in [-0.39, 0.29) is 0 Å². The highest BCUT2D eigenvalue weighted by atomic mass is 32.1. The summed E-state index contributed by atoms with van der Waals surface area (Å²) < 4.78 is 3.85. The molecule has 4 nitrogen and oxygen atoms in total. The lowest BCUT2D eigenvalue weighted by atomic mass is 10.2. The van der Waals surface area contributed by atoms with E-state index in [2.05, 4.69) is 26.7 Å². The van der Waals surface area contributed by atoms with Gasteiger partial charge in [-0.05, 0) is 6.92 Å². The minimum Gasteiger partial charge on any atom is -0.358 e. The second kappa shape index (κ2) is 3.37. The minimum atomic E-state index is 0.570. The van der Waals surface area contributed by atoms with E-state index >= 15 is 0 Å². The molecular weight excluding hydrogens is 172 g/mol. The minimum absolute atomic E-state index is 0.570. The molecule has 1 N–H and O–H groups in total. The van der Waals surface area contributed by atoms with Gasteiger partial charge in [-0.25, -0.2) is 0 Å². The van der Waals surface area contributed by atoms with Crippen molar-refractivity contribution in [3.8, 4) is 0 Å². The predicted molar refractivity (Wildman–Crippen MR) is 49.6 cm³/mol. The number of anilines is 1. The zero-order valence-corrected chi connectivity index (χ0v) is 7.84. The topological polar surface area (TPSA) is 41.1 Å². The molecule has 66 valence electrons. The van der Waals surface area contributed by atoms with E-state index in [0.29, 0.717) is 6.04 Å². The molecule has 0 bridgehead atoms. The Kier molecular flexibility index (Phi) is 2.23. The fourth-order valence-electron chi connectivity index (χ4n) is 1.43. The van der Waals surface area contributed by atoms with Crippen LogP contribution in [-0.4, -0.2) is 35.3 Å². The molecule has 0 amide bonds. The van der Waals surface area contributed by atoms with Gasteiger partial charge in [0, 0.05) is 37.2 Å². The zero-order valence-electron chi connectivity index (χ0n) is 7.03.